The number of nitrogens with one attached hydrogen (secondary N) is 3. The Kier molecular flexibility index (Phi) is 6.34. The summed E-state index contributed by atoms with van der Waals surface area (Å²) < 4.78 is 58.7. The Bertz CT molecular complexity index is 1260. The Labute approximate surface area is 202 Å². The molecule has 5 rings (SSSR count). The second kappa shape index (κ2) is 9.30. The molecule has 0 spiro atoms. The van der Waals surface area contributed by atoms with Gasteiger partial charge < -0.3 is 20.4 Å². The maximum Gasteiger partial charge on any atom is 0.295 e. The summed E-state index contributed by atoms with van der Waals surface area (Å²) >= 11 is 1.53. The number of carbonyl (C=O) groups is 1. The van der Waals surface area contributed by atoms with Gasteiger partial charge in [-0.3, -0.25) is 4.79 Å². The Morgan fingerprint density at radius 3 is 2.60 bits per heavy atom. The molecule has 3 heterocycles. The van der Waals surface area contributed by atoms with E-state index in [-0.39, 0.29) is 17.0 Å². The lowest BCUT2D eigenvalue weighted by Gasteiger charge is -2.23. The van der Waals surface area contributed by atoms with Gasteiger partial charge in [-0.25, -0.2) is 27.5 Å². The van der Waals surface area contributed by atoms with Crippen LogP contribution in [0.25, 0.3) is 11.2 Å². The number of anilines is 3. The highest BCUT2D eigenvalue weighted by Gasteiger charge is 2.61. The quantitative estimate of drug-likeness (QED) is 0.273. The van der Waals surface area contributed by atoms with Crippen LogP contribution in [0.3, 0.4) is 0 Å². The van der Waals surface area contributed by atoms with Gasteiger partial charge in [0.1, 0.15) is 17.3 Å². The number of thioether (sulfide) groups is 1. The van der Waals surface area contributed by atoms with E-state index in [1.54, 1.807) is 0 Å². The molecule has 3 aromatic rings. The van der Waals surface area contributed by atoms with Crippen molar-refractivity contribution in [3.63, 3.8) is 0 Å². The molecule has 1 atom stereocenters. The maximum absolute atomic E-state index is 13.3. The molecule has 186 valence electrons. The predicted molar refractivity (Wildman–Crippen MR) is 125 cm³/mol. The molecule has 7 nitrogen and oxygen atoms in total. The summed E-state index contributed by atoms with van der Waals surface area (Å²) in [6.07, 6.45) is 0.433. The Balaban J connectivity index is 1.48. The van der Waals surface area contributed by atoms with Gasteiger partial charge >= 0.3 is 0 Å². The minimum Gasteiger partial charge on any atom is -0.381 e. The van der Waals surface area contributed by atoms with Crippen LogP contribution in [0.1, 0.15) is 43.0 Å². The van der Waals surface area contributed by atoms with Gasteiger partial charge in [0.05, 0.1) is 11.4 Å². The number of amides is 1. The number of halogens is 4. The molecule has 12 heteroatoms. The average molecular weight is 510 g/mol. The number of H-pyrrole nitrogens is 1. The normalized spacial score (nSPS) is 19.8. The third kappa shape index (κ3) is 4.94. The Hall–Kier alpha value is -2.86. The number of carbonyl (C=O) groups excluding carboxylic acids is 1. The van der Waals surface area contributed by atoms with Crippen molar-refractivity contribution >= 4 is 46.0 Å². The van der Waals surface area contributed by atoms with Gasteiger partial charge in [-0.05, 0) is 42.7 Å². The number of aromatic amines is 1. The lowest BCUT2D eigenvalue weighted by molar-refractivity contribution is -0.119. The van der Waals surface area contributed by atoms with Gasteiger partial charge in [0.15, 0.2) is 11.5 Å². The zero-order chi connectivity index (χ0) is 24.7. The number of rotatable bonds is 7. The van der Waals surface area contributed by atoms with Crippen molar-refractivity contribution in [2.24, 2.45) is 5.92 Å². The fraction of sp³-hybridized carbons (Fsp3) is 0.435. The third-order valence-corrected chi connectivity index (χ3v) is 7.05. The lowest BCUT2D eigenvalue weighted by atomic mass is 9.91. The highest BCUT2D eigenvalue weighted by molar-refractivity contribution is 7.98. The van der Waals surface area contributed by atoms with E-state index in [0.29, 0.717) is 11.6 Å². The SMILES string of the molecule is CSc1cc(C2CCOCC2)ccc1Nc1cc(NC(=O)C2CC2(F)F)nc2nc(C(F)F)[nH]c12. The molecule has 0 radical (unpaired) electrons. The van der Waals surface area contributed by atoms with E-state index in [9.17, 15) is 22.4 Å². The van der Waals surface area contributed by atoms with Crippen molar-refractivity contribution in [3.8, 4) is 0 Å². The van der Waals surface area contributed by atoms with Gasteiger partial charge in [-0.2, -0.15) is 0 Å². The summed E-state index contributed by atoms with van der Waals surface area (Å²) in [6, 6.07) is 7.45. The molecular formula is C23H23F4N5O2S. The molecule has 1 amide bonds. The standard InChI is InChI=1S/C23H23F4N5O2S/c1-35-16-8-12(11-4-6-34-7-5-11)2-3-14(16)28-15-9-17(30-22(33)13-10-23(13,26)27)29-20-18(15)31-21(32-20)19(24)25/h2-3,8-9,11,13,19H,4-7,10H2,1H3,(H3,28,29,30,31,32,33). The molecule has 1 unspecified atom stereocenters. The Morgan fingerprint density at radius 1 is 1.20 bits per heavy atom. The van der Waals surface area contributed by atoms with Gasteiger partial charge in [0.25, 0.3) is 12.3 Å². The van der Waals surface area contributed by atoms with Crippen LogP contribution in [0.4, 0.5) is 34.8 Å². The smallest absolute Gasteiger partial charge is 0.295 e. The predicted octanol–water partition coefficient (Wildman–Crippen LogP) is 5.85. The highest BCUT2D eigenvalue weighted by atomic mass is 32.2. The van der Waals surface area contributed by atoms with Crippen LogP contribution in [-0.2, 0) is 9.53 Å². The largest absolute Gasteiger partial charge is 0.381 e. The number of aromatic nitrogens is 3. The lowest BCUT2D eigenvalue weighted by Crippen LogP contribution is -2.18. The van der Waals surface area contributed by atoms with E-state index in [2.05, 4.69) is 31.7 Å². The summed E-state index contributed by atoms with van der Waals surface area (Å²) in [4.78, 5) is 23.6. The molecule has 2 aromatic heterocycles. The second-order valence-corrected chi connectivity index (χ2v) is 9.50. The third-order valence-electron chi connectivity index (χ3n) is 6.27. The van der Waals surface area contributed by atoms with Crippen molar-refractivity contribution in [1.82, 2.24) is 15.0 Å². The summed E-state index contributed by atoms with van der Waals surface area (Å²) in [6.45, 7) is 1.45. The summed E-state index contributed by atoms with van der Waals surface area (Å²) in [7, 11) is 0. The number of ether oxygens (including phenoxy) is 1. The molecule has 35 heavy (non-hydrogen) atoms. The van der Waals surface area contributed by atoms with E-state index in [1.165, 1.54) is 23.4 Å². The zero-order valence-electron chi connectivity index (χ0n) is 18.7. The average Bonchev–Trinajstić information content (AvgIpc) is 3.27. The zero-order valence-corrected chi connectivity index (χ0v) is 19.5. The molecule has 0 bridgehead atoms. The monoisotopic (exact) mass is 509 g/mol. The van der Waals surface area contributed by atoms with Crippen LogP contribution >= 0.6 is 11.8 Å². The molecule has 2 aliphatic rings. The second-order valence-electron chi connectivity index (χ2n) is 8.65. The van der Waals surface area contributed by atoms with Crippen LogP contribution in [0.15, 0.2) is 29.2 Å². The number of pyridine rings is 1. The topological polar surface area (TPSA) is 91.9 Å². The highest BCUT2D eigenvalue weighted by Crippen LogP contribution is 2.49. The molecule has 1 aliphatic carbocycles. The number of alkyl halides is 4. The fourth-order valence-corrected chi connectivity index (χ4v) is 4.82. The first-order chi connectivity index (χ1) is 16.7. The Morgan fingerprint density at radius 2 is 1.94 bits per heavy atom. The minimum absolute atomic E-state index is 0.0513. The molecule has 2 fully saturated rings. The van der Waals surface area contributed by atoms with E-state index in [1.807, 2.05) is 18.4 Å². The number of hydrogen-bond acceptors (Lipinski definition) is 6. The summed E-state index contributed by atoms with van der Waals surface area (Å²) in [5, 5.41) is 5.59. The maximum atomic E-state index is 13.3. The first-order valence-electron chi connectivity index (χ1n) is 11.2. The van der Waals surface area contributed by atoms with Gasteiger partial charge in [-0.1, -0.05) is 6.07 Å². The van der Waals surface area contributed by atoms with Gasteiger partial charge in [0, 0.05) is 30.6 Å². The summed E-state index contributed by atoms with van der Waals surface area (Å²) in [5.41, 5.74) is 2.41. The molecular weight excluding hydrogens is 486 g/mol. The van der Waals surface area contributed by atoms with E-state index in [0.717, 1.165) is 36.6 Å². The van der Waals surface area contributed by atoms with Gasteiger partial charge in [-0.15, -0.1) is 11.8 Å². The number of nitrogens with zero attached hydrogens (tertiary/aromatic N) is 2. The molecule has 1 saturated carbocycles. The molecule has 3 N–H and O–H groups in total. The first-order valence-corrected chi connectivity index (χ1v) is 12.4. The van der Waals surface area contributed by atoms with Crippen molar-refractivity contribution in [3.05, 3.63) is 35.7 Å². The van der Waals surface area contributed by atoms with Crippen LogP contribution in [-0.4, -0.2) is 46.3 Å². The summed E-state index contributed by atoms with van der Waals surface area (Å²) in [5.74, 6) is -5.56. The molecule has 1 aliphatic heterocycles. The van der Waals surface area contributed by atoms with Crippen LogP contribution in [0, 0.1) is 5.92 Å². The van der Waals surface area contributed by atoms with Crippen LogP contribution in [0.2, 0.25) is 0 Å². The number of benzene rings is 1. The van der Waals surface area contributed by atoms with E-state index < -0.39 is 36.4 Å². The first kappa shape index (κ1) is 23.9. The minimum atomic E-state index is -3.04. The number of fused-ring (bicyclic) bond motifs is 1. The van der Waals surface area contributed by atoms with E-state index in [4.69, 9.17) is 4.74 Å². The van der Waals surface area contributed by atoms with Crippen molar-refractivity contribution < 1.29 is 27.1 Å². The number of imidazole rings is 1. The molecule has 1 aromatic carbocycles. The van der Waals surface area contributed by atoms with Crippen LogP contribution < -0.4 is 10.6 Å². The van der Waals surface area contributed by atoms with E-state index >= 15 is 0 Å². The van der Waals surface area contributed by atoms with Crippen molar-refractivity contribution in [1.29, 1.82) is 0 Å². The van der Waals surface area contributed by atoms with Crippen molar-refractivity contribution in [2.45, 2.75) is 42.4 Å². The fourth-order valence-electron chi connectivity index (χ4n) is 4.22. The number of hydrogen-bond donors (Lipinski definition) is 3. The van der Waals surface area contributed by atoms with Crippen LogP contribution in [0.5, 0.6) is 0 Å². The van der Waals surface area contributed by atoms with Crippen molar-refractivity contribution in [2.75, 3.05) is 30.1 Å². The molecule has 1 saturated heterocycles. The van der Waals surface area contributed by atoms with Gasteiger partial charge in [0.2, 0.25) is 5.91 Å².